The van der Waals surface area contributed by atoms with Gasteiger partial charge >= 0.3 is 0 Å². The highest BCUT2D eigenvalue weighted by atomic mass is 35.5. The number of aromatic nitrogens is 2. The molecule has 5 rings (SSSR count). The molecule has 2 aliphatic rings. The summed E-state index contributed by atoms with van der Waals surface area (Å²) in [7, 11) is 0. The lowest BCUT2D eigenvalue weighted by atomic mass is 9.84. The lowest BCUT2D eigenvalue weighted by Gasteiger charge is -2.38. The molecule has 2 fully saturated rings. The number of rotatable bonds is 4. The van der Waals surface area contributed by atoms with Crippen LogP contribution >= 0.6 is 11.6 Å². The molecule has 6 heteroatoms. The minimum Gasteiger partial charge on any atom is -0.454 e. The normalized spacial score (nSPS) is 23.5. The van der Waals surface area contributed by atoms with Crippen LogP contribution in [-0.2, 0) is 6.54 Å². The zero-order valence-corrected chi connectivity index (χ0v) is 17.2. The number of carbonyl (C=O) groups excluding carboxylic acids is 1. The standard InChI is InChI=1S/C23H24ClN3O2/c1-15-2-4-16(5-3-15)17-10-19-6-7-20(11-17)27(19)23(28)22-9-8-21(29-22)14-26-13-18(24)12-25-26/h2-5,8-9,12-13,17,19-20H,6-7,10-11,14H2,1H3. The molecule has 4 heterocycles. The van der Waals surface area contributed by atoms with E-state index in [-0.39, 0.29) is 5.91 Å². The van der Waals surface area contributed by atoms with Crippen LogP contribution in [-0.4, -0.2) is 32.7 Å². The number of halogens is 1. The van der Waals surface area contributed by atoms with E-state index in [0.29, 0.717) is 41.1 Å². The van der Waals surface area contributed by atoms with Crippen molar-refractivity contribution in [2.45, 2.75) is 57.2 Å². The molecular formula is C23H24ClN3O2. The summed E-state index contributed by atoms with van der Waals surface area (Å²) in [4.78, 5) is 15.3. The molecule has 0 aliphatic carbocycles. The zero-order chi connectivity index (χ0) is 20.0. The Morgan fingerprint density at radius 3 is 2.52 bits per heavy atom. The van der Waals surface area contributed by atoms with Crippen molar-refractivity contribution in [2.24, 2.45) is 0 Å². The van der Waals surface area contributed by atoms with Gasteiger partial charge in [0.15, 0.2) is 5.76 Å². The number of hydrogen-bond acceptors (Lipinski definition) is 3. The average molecular weight is 410 g/mol. The van der Waals surface area contributed by atoms with Crippen LogP contribution in [0.4, 0.5) is 0 Å². The van der Waals surface area contributed by atoms with E-state index in [9.17, 15) is 4.79 Å². The summed E-state index contributed by atoms with van der Waals surface area (Å²) in [5.41, 5.74) is 2.69. The van der Waals surface area contributed by atoms with E-state index >= 15 is 0 Å². The molecule has 150 valence electrons. The Labute approximate surface area is 175 Å². The van der Waals surface area contributed by atoms with Gasteiger partial charge in [-0.2, -0.15) is 5.10 Å². The first kappa shape index (κ1) is 18.5. The SMILES string of the molecule is Cc1ccc(C2CC3CCC(C2)N3C(=O)c2ccc(Cn3cc(Cl)cn3)o2)cc1. The summed E-state index contributed by atoms with van der Waals surface area (Å²) >= 11 is 5.91. The van der Waals surface area contributed by atoms with E-state index in [2.05, 4.69) is 41.2 Å². The summed E-state index contributed by atoms with van der Waals surface area (Å²) in [6, 6.07) is 13.1. The van der Waals surface area contributed by atoms with E-state index in [4.69, 9.17) is 16.0 Å². The van der Waals surface area contributed by atoms with Crippen LogP contribution in [0.15, 0.2) is 53.2 Å². The lowest BCUT2D eigenvalue weighted by Crippen LogP contribution is -2.45. The Kier molecular flexibility index (Phi) is 4.70. The van der Waals surface area contributed by atoms with E-state index in [1.54, 1.807) is 23.1 Å². The van der Waals surface area contributed by atoms with Gasteiger partial charge in [-0.1, -0.05) is 41.4 Å². The molecule has 2 aliphatic heterocycles. The minimum atomic E-state index is 0.0182. The third-order valence-electron chi connectivity index (χ3n) is 6.31. The lowest BCUT2D eigenvalue weighted by molar-refractivity contribution is 0.0537. The first-order valence-electron chi connectivity index (χ1n) is 10.2. The van der Waals surface area contributed by atoms with Gasteiger partial charge in [0.1, 0.15) is 5.76 Å². The Morgan fingerprint density at radius 1 is 1.14 bits per heavy atom. The second-order valence-corrected chi connectivity index (χ2v) is 8.73. The molecule has 1 amide bonds. The van der Waals surface area contributed by atoms with Crippen LogP contribution in [0.3, 0.4) is 0 Å². The zero-order valence-electron chi connectivity index (χ0n) is 16.4. The Balaban J connectivity index is 1.29. The maximum absolute atomic E-state index is 13.2. The molecule has 2 bridgehead atoms. The Hall–Kier alpha value is -2.53. The maximum atomic E-state index is 13.2. The van der Waals surface area contributed by atoms with Gasteiger partial charge in [0.25, 0.3) is 5.91 Å². The van der Waals surface area contributed by atoms with E-state index in [1.807, 2.05) is 6.07 Å². The number of furan rings is 1. The topological polar surface area (TPSA) is 51.3 Å². The van der Waals surface area contributed by atoms with Gasteiger partial charge in [0.05, 0.1) is 17.8 Å². The molecule has 1 aromatic carbocycles. The number of nitrogens with zero attached hydrogens (tertiary/aromatic N) is 3. The molecule has 0 N–H and O–H groups in total. The molecule has 0 saturated carbocycles. The van der Waals surface area contributed by atoms with Gasteiger partial charge in [-0.05, 0) is 56.2 Å². The van der Waals surface area contributed by atoms with Crippen molar-refractivity contribution < 1.29 is 9.21 Å². The summed E-state index contributed by atoms with van der Waals surface area (Å²) in [5.74, 6) is 1.68. The van der Waals surface area contributed by atoms with Gasteiger partial charge in [-0.15, -0.1) is 0 Å². The number of amides is 1. The van der Waals surface area contributed by atoms with E-state index in [0.717, 1.165) is 25.7 Å². The largest absolute Gasteiger partial charge is 0.454 e. The van der Waals surface area contributed by atoms with Crippen molar-refractivity contribution in [2.75, 3.05) is 0 Å². The summed E-state index contributed by atoms with van der Waals surface area (Å²) in [6.07, 6.45) is 7.56. The number of aryl methyl sites for hydroxylation is 1. The minimum absolute atomic E-state index is 0.0182. The van der Waals surface area contributed by atoms with Crippen LogP contribution < -0.4 is 0 Å². The molecule has 0 radical (unpaired) electrons. The molecule has 2 aromatic heterocycles. The summed E-state index contributed by atoms with van der Waals surface area (Å²) < 4.78 is 7.57. The van der Waals surface area contributed by atoms with Gasteiger partial charge in [-0.25, -0.2) is 0 Å². The third-order valence-corrected chi connectivity index (χ3v) is 6.50. The number of fused-ring (bicyclic) bond motifs is 2. The van der Waals surface area contributed by atoms with Crippen LogP contribution in [0.25, 0.3) is 0 Å². The maximum Gasteiger partial charge on any atom is 0.290 e. The van der Waals surface area contributed by atoms with Crippen LogP contribution in [0.1, 0.15) is 59.0 Å². The van der Waals surface area contributed by atoms with Gasteiger partial charge in [-0.3, -0.25) is 9.48 Å². The first-order valence-corrected chi connectivity index (χ1v) is 10.6. The molecular weight excluding hydrogens is 386 g/mol. The second kappa shape index (κ2) is 7.38. The van der Waals surface area contributed by atoms with Crippen molar-refractivity contribution in [1.29, 1.82) is 0 Å². The first-order chi connectivity index (χ1) is 14.1. The predicted octanol–water partition coefficient (Wildman–Crippen LogP) is 5.04. The molecule has 2 atom stereocenters. The molecule has 29 heavy (non-hydrogen) atoms. The average Bonchev–Trinajstić information content (AvgIpc) is 3.41. The summed E-state index contributed by atoms with van der Waals surface area (Å²) in [6.45, 7) is 2.58. The van der Waals surface area contributed by atoms with Crippen LogP contribution in [0, 0.1) is 6.92 Å². The monoisotopic (exact) mass is 409 g/mol. The fraction of sp³-hybridized carbons (Fsp3) is 0.391. The fourth-order valence-electron chi connectivity index (χ4n) is 4.91. The number of benzene rings is 1. The van der Waals surface area contributed by atoms with Gasteiger partial charge in [0, 0.05) is 18.3 Å². The smallest absolute Gasteiger partial charge is 0.290 e. The van der Waals surface area contributed by atoms with Crippen molar-refractivity contribution in [3.8, 4) is 0 Å². The Bertz CT molecular complexity index is 1010. The molecule has 5 nitrogen and oxygen atoms in total. The highest BCUT2D eigenvalue weighted by Gasteiger charge is 2.44. The van der Waals surface area contributed by atoms with Crippen LogP contribution in [0.5, 0.6) is 0 Å². The molecule has 2 saturated heterocycles. The number of piperidine rings is 1. The molecule has 2 unspecified atom stereocenters. The number of hydrogen-bond donors (Lipinski definition) is 0. The van der Waals surface area contributed by atoms with Crippen molar-refractivity contribution >= 4 is 17.5 Å². The van der Waals surface area contributed by atoms with Gasteiger partial charge < -0.3 is 9.32 Å². The number of carbonyl (C=O) groups is 1. The van der Waals surface area contributed by atoms with Crippen molar-refractivity contribution in [3.05, 3.63) is 76.5 Å². The van der Waals surface area contributed by atoms with Crippen molar-refractivity contribution in [3.63, 3.8) is 0 Å². The highest BCUT2D eigenvalue weighted by molar-refractivity contribution is 6.30. The van der Waals surface area contributed by atoms with E-state index < -0.39 is 0 Å². The highest BCUT2D eigenvalue weighted by Crippen LogP contribution is 2.43. The summed E-state index contributed by atoms with van der Waals surface area (Å²) in [5, 5.41) is 4.75. The van der Waals surface area contributed by atoms with Gasteiger partial charge in [0.2, 0.25) is 0 Å². The van der Waals surface area contributed by atoms with Crippen LogP contribution in [0.2, 0.25) is 5.02 Å². The van der Waals surface area contributed by atoms with E-state index in [1.165, 1.54) is 11.1 Å². The quantitative estimate of drug-likeness (QED) is 0.606. The third kappa shape index (κ3) is 3.60. The predicted molar refractivity (Wildman–Crippen MR) is 111 cm³/mol. The Morgan fingerprint density at radius 2 is 1.86 bits per heavy atom. The molecule has 0 spiro atoms. The second-order valence-electron chi connectivity index (χ2n) is 8.30. The van der Waals surface area contributed by atoms with Crippen molar-refractivity contribution in [1.82, 2.24) is 14.7 Å². The fourth-order valence-corrected chi connectivity index (χ4v) is 5.07. The molecule has 3 aromatic rings.